The number of rotatable bonds is 4. The lowest BCUT2D eigenvalue weighted by Gasteiger charge is -2.10. The SMILES string of the molecule is N#Cc1ccccc1-c1ccc(Cn2nc(C(=O)O)c3ccccc3c2=O)cc1. The summed E-state index contributed by atoms with van der Waals surface area (Å²) < 4.78 is 1.17. The molecular formula is C23H15N3O3. The molecule has 1 N–H and O–H groups in total. The van der Waals surface area contributed by atoms with Gasteiger partial charge in [0.2, 0.25) is 0 Å². The van der Waals surface area contributed by atoms with Crippen molar-refractivity contribution in [3.8, 4) is 17.2 Å². The van der Waals surface area contributed by atoms with Gasteiger partial charge in [-0.3, -0.25) is 4.79 Å². The van der Waals surface area contributed by atoms with E-state index in [1.54, 1.807) is 30.3 Å². The fourth-order valence-electron chi connectivity index (χ4n) is 3.30. The van der Waals surface area contributed by atoms with Gasteiger partial charge in [0.05, 0.1) is 23.6 Å². The van der Waals surface area contributed by atoms with Crippen molar-refractivity contribution >= 4 is 16.7 Å². The lowest BCUT2D eigenvalue weighted by molar-refractivity contribution is 0.0690. The minimum absolute atomic E-state index is 0.143. The van der Waals surface area contributed by atoms with E-state index in [2.05, 4.69) is 11.2 Å². The van der Waals surface area contributed by atoms with Gasteiger partial charge in [-0.2, -0.15) is 10.4 Å². The number of hydrogen-bond donors (Lipinski definition) is 1. The zero-order valence-corrected chi connectivity index (χ0v) is 15.2. The van der Waals surface area contributed by atoms with E-state index in [0.717, 1.165) is 16.7 Å². The lowest BCUT2D eigenvalue weighted by atomic mass is 9.99. The van der Waals surface area contributed by atoms with E-state index in [0.29, 0.717) is 16.3 Å². The second-order valence-electron chi connectivity index (χ2n) is 6.52. The molecule has 0 aliphatic carbocycles. The highest BCUT2D eigenvalue weighted by atomic mass is 16.4. The van der Waals surface area contributed by atoms with Crippen LogP contribution in [0.15, 0.2) is 77.6 Å². The van der Waals surface area contributed by atoms with Crippen molar-refractivity contribution in [3.05, 3.63) is 100.0 Å². The number of aromatic nitrogens is 2. The molecule has 0 aliphatic rings. The van der Waals surface area contributed by atoms with Gasteiger partial charge in [0.15, 0.2) is 5.69 Å². The summed E-state index contributed by atoms with van der Waals surface area (Å²) in [6.45, 7) is 0.143. The van der Waals surface area contributed by atoms with Gasteiger partial charge in [0.1, 0.15) is 0 Å². The third kappa shape index (κ3) is 3.37. The number of carboxylic acid groups (broad SMARTS) is 1. The quantitative estimate of drug-likeness (QED) is 0.582. The van der Waals surface area contributed by atoms with Crippen LogP contribution in [0.5, 0.6) is 0 Å². The Morgan fingerprint density at radius 2 is 1.62 bits per heavy atom. The van der Waals surface area contributed by atoms with Gasteiger partial charge < -0.3 is 5.11 Å². The number of nitrogens with zero attached hydrogens (tertiary/aromatic N) is 3. The molecule has 6 nitrogen and oxygen atoms in total. The van der Waals surface area contributed by atoms with Gasteiger partial charge in [-0.1, -0.05) is 60.7 Å². The van der Waals surface area contributed by atoms with E-state index in [-0.39, 0.29) is 17.8 Å². The van der Waals surface area contributed by atoms with Crippen LogP contribution in [0.25, 0.3) is 21.9 Å². The van der Waals surface area contributed by atoms with Crippen molar-refractivity contribution in [1.82, 2.24) is 9.78 Å². The van der Waals surface area contributed by atoms with E-state index in [1.807, 2.05) is 42.5 Å². The Morgan fingerprint density at radius 3 is 2.31 bits per heavy atom. The minimum Gasteiger partial charge on any atom is -0.476 e. The summed E-state index contributed by atoms with van der Waals surface area (Å²) in [5.74, 6) is -1.18. The number of carboxylic acids is 1. The Morgan fingerprint density at radius 1 is 0.966 bits per heavy atom. The Labute approximate surface area is 165 Å². The topological polar surface area (TPSA) is 96.0 Å². The van der Waals surface area contributed by atoms with Crippen LogP contribution in [-0.2, 0) is 6.54 Å². The highest BCUT2D eigenvalue weighted by Crippen LogP contribution is 2.23. The maximum atomic E-state index is 12.8. The molecule has 29 heavy (non-hydrogen) atoms. The van der Waals surface area contributed by atoms with Crippen LogP contribution in [0.4, 0.5) is 0 Å². The van der Waals surface area contributed by atoms with E-state index < -0.39 is 5.97 Å². The predicted octanol–water partition coefficient (Wildman–Crippen LogP) is 3.68. The monoisotopic (exact) mass is 381 g/mol. The Bertz CT molecular complexity index is 1330. The number of carbonyl (C=O) groups is 1. The Kier molecular flexibility index (Phi) is 4.63. The van der Waals surface area contributed by atoms with Crippen LogP contribution in [0.2, 0.25) is 0 Å². The summed E-state index contributed by atoms with van der Waals surface area (Å²) >= 11 is 0. The summed E-state index contributed by atoms with van der Waals surface area (Å²) in [7, 11) is 0. The second-order valence-corrected chi connectivity index (χ2v) is 6.52. The summed E-state index contributed by atoms with van der Waals surface area (Å²) in [5, 5.41) is 23.5. The minimum atomic E-state index is -1.18. The molecule has 0 bridgehead atoms. The van der Waals surface area contributed by atoms with Crippen molar-refractivity contribution in [2.45, 2.75) is 6.54 Å². The van der Waals surface area contributed by atoms with Crippen LogP contribution in [0, 0.1) is 11.3 Å². The van der Waals surface area contributed by atoms with Gasteiger partial charge >= 0.3 is 5.97 Å². The molecule has 0 amide bonds. The zero-order valence-electron chi connectivity index (χ0n) is 15.2. The Hall–Kier alpha value is -4.24. The first-order valence-corrected chi connectivity index (χ1v) is 8.90. The fraction of sp³-hybridized carbons (Fsp3) is 0.0435. The van der Waals surface area contributed by atoms with E-state index in [4.69, 9.17) is 0 Å². The molecule has 0 saturated carbocycles. The number of aromatic carboxylic acids is 1. The maximum Gasteiger partial charge on any atom is 0.357 e. The summed E-state index contributed by atoms with van der Waals surface area (Å²) in [5.41, 5.74) is 2.60. The predicted molar refractivity (Wildman–Crippen MR) is 109 cm³/mol. The second kappa shape index (κ2) is 7.41. The summed E-state index contributed by atoms with van der Waals surface area (Å²) in [6, 6.07) is 23.5. The van der Waals surface area contributed by atoms with Crippen LogP contribution < -0.4 is 5.56 Å². The number of fused-ring (bicyclic) bond motifs is 1. The van der Waals surface area contributed by atoms with Crippen LogP contribution in [0.1, 0.15) is 21.6 Å². The normalized spacial score (nSPS) is 10.6. The molecular weight excluding hydrogens is 366 g/mol. The molecule has 4 aromatic rings. The van der Waals surface area contributed by atoms with Crippen LogP contribution >= 0.6 is 0 Å². The molecule has 0 atom stereocenters. The van der Waals surface area contributed by atoms with Crippen molar-refractivity contribution in [2.75, 3.05) is 0 Å². The van der Waals surface area contributed by atoms with E-state index in [9.17, 15) is 20.0 Å². The fourth-order valence-corrected chi connectivity index (χ4v) is 3.30. The van der Waals surface area contributed by atoms with Crippen molar-refractivity contribution in [1.29, 1.82) is 5.26 Å². The lowest BCUT2D eigenvalue weighted by Crippen LogP contribution is -2.26. The summed E-state index contributed by atoms with van der Waals surface area (Å²) in [6.07, 6.45) is 0. The molecule has 140 valence electrons. The molecule has 1 heterocycles. The first kappa shape index (κ1) is 18.1. The zero-order chi connectivity index (χ0) is 20.4. The average Bonchev–Trinajstić information content (AvgIpc) is 2.76. The molecule has 4 rings (SSSR count). The van der Waals surface area contributed by atoms with Gasteiger partial charge in [0.25, 0.3) is 5.56 Å². The molecule has 0 radical (unpaired) electrons. The van der Waals surface area contributed by atoms with E-state index >= 15 is 0 Å². The highest BCUT2D eigenvalue weighted by molar-refractivity contribution is 6.01. The maximum absolute atomic E-state index is 12.8. The van der Waals surface area contributed by atoms with Crippen molar-refractivity contribution in [3.63, 3.8) is 0 Å². The third-order valence-corrected chi connectivity index (χ3v) is 4.72. The molecule has 0 saturated heterocycles. The highest BCUT2D eigenvalue weighted by Gasteiger charge is 2.15. The molecule has 3 aromatic carbocycles. The van der Waals surface area contributed by atoms with Crippen molar-refractivity contribution in [2.24, 2.45) is 0 Å². The molecule has 6 heteroatoms. The standard InChI is InChI=1S/C23H15N3O3/c24-13-17-5-1-2-6-18(17)16-11-9-15(10-12-16)14-26-22(27)20-8-4-3-7-19(20)21(25-26)23(28)29/h1-12H,14H2,(H,28,29). The molecule has 0 aliphatic heterocycles. The molecule has 0 fully saturated rings. The third-order valence-electron chi connectivity index (χ3n) is 4.72. The van der Waals surface area contributed by atoms with Gasteiger partial charge in [-0.05, 0) is 28.8 Å². The Balaban J connectivity index is 1.73. The largest absolute Gasteiger partial charge is 0.476 e. The summed E-state index contributed by atoms with van der Waals surface area (Å²) in [4.78, 5) is 24.3. The molecule has 1 aromatic heterocycles. The van der Waals surface area contributed by atoms with Crippen molar-refractivity contribution < 1.29 is 9.90 Å². The number of nitriles is 1. The molecule has 0 spiro atoms. The molecule has 0 unspecified atom stereocenters. The number of benzene rings is 3. The van der Waals surface area contributed by atoms with E-state index in [1.165, 1.54) is 4.68 Å². The van der Waals surface area contributed by atoms with Crippen LogP contribution in [-0.4, -0.2) is 20.9 Å². The van der Waals surface area contributed by atoms with Gasteiger partial charge in [-0.15, -0.1) is 0 Å². The smallest absolute Gasteiger partial charge is 0.357 e. The van der Waals surface area contributed by atoms with Gasteiger partial charge in [-0.25, -0.2) is 9.48 Å². The number of hydrogen-bond acceptors (Lipinski definition) is 4. The first-order chi connectivity index (χ1) is 14.1. The van der Waals surface area contributed by atoms with Crippen LogP contribution in [0.3, 0.4) is 0 Å². The average molecular weight is 381 g/mol. The first-order valence-electron chi connectivity index (χ1n) is 8.90. The van der Waals surface area contributed by atoms with Gasteiger partial charge in [0, 0.05) is 5.39 Å².